The Bertz CT molecular complexity index is 1020. The van der Waals surface area contributed by atoms with E-state index in [1.165, 1.54) is 17.7 Å². The Hall–Kier alpha value is -2.72. The van der Waals surface area contributed by atoms with Crippen molar-refractivity contribution >= 4 is 6.08 Å². The summed E-state index contributed by atoms with van der Waals surface area (Å²) in [5, 5.41) is 15.7. The molecule has 150 valence electrons. The van der Waals surface area contributed by atoms with Crippen LogP contribution in [0.2, 0.25) is 0 Å². The van der Waals surface area contributed by atoms with Gasteiger partial charge < -0.3 is 5.11 Å². The van der Waals surface area contributed by atoms with Crippen molar-refractivity contribution in [1.82, 2.24) is 9.78 Å². The van der Waals surface area contributed by atoms with Crippen LogP contribution in [0, 0.1) is 11.2 Å². The van der Waals surface area contributed by atoms with E-state index in [0.717, 1.165) is 16.9 Å². The first-order valence-corrected chi connectivity index (χ1v) is 10.0. The third kappa shape index (κ3) is 3.77. The second-order valence-corrected chi connectivity index (χ2v) is 8.93. The van der Waals surface area contributed by atoms with Crippen LogP contribution in [0.25, 0.3) is 11.8 Å². The van der Waals surface area contributed by atoms with Crippen LogP contribution in [-0.4, -0.2) is 21.0 Å². The first kappa shape index (κ1) is 19.6. The fourth-order valence-electron chi connectivity index (χ4n) is 4.18. The third-order valence-electron chi connectivity index (χ3n) is 6.17. The Kier molecular flexibility index (Phi) is 4.91. The first-order valence-electron chi connectivity index (χ1n) is 10.0. The lowest BCUT2D eigenvalue weighted by atomic mass is 9.69. The van der Waals surface area contributed by atoms with Gasteiger partial charge in [0.05, 0.1) is 23.7 Å². The number of aromatic nitrogens is 2. The van der Waals surface area contributed by atoms with Gasteiger partial charge in [-0.2, -0.15) is 5.10 Å². The zero-order valence-electron chi connectivity index (χ0n) is 17.1. The molecule has 0 fully saturated rings. The highest BCUT2D eigenvalue weighted by Crippen LogP contribution is 2.40. The summed E-state index contributed by atoms with van der Waals surface area (Å²) < 4.78 is 15.1. The van der Waals surface area contributed by atoms with Crippen LogP contribution in [0.1, 0.15) is 44.0 Å². The quantitative estimate of drug-likeness (QED) is 0.641. The van der Waals surface area contributed by atoms with Gasteiger partial charge >= 0.3 is 0 Å². The highest BCUT2D eigenvalue weighted by Gasteiger charge is 2.38. The Morgan fingerprint density at radius 2 is 1.83 bits per heavy atom. The molecule has 3 aromatic rings. The summed E-state index contributed by atoms with van der Waals surface area (Å²) in [6.45, 7) is 6.46. The Morgan fingerprint density at radius 1 is 1.14 bits per heavy atom. The van der Waals surface area contributed by atoms with Gasteiger partial charge in [0, 0.05) is 5.41 Å². The molecule has 0 spiro atoms. The van der Waals surface area contributed by atoms with E-state index in [4.69, 9.17) is 0 Å². The molecule has 0 aliphatic heterocycles. The van der Waals surface area contributed by atoms with Crippen molar-refractivity contribution < 1.29 is 9.50 Å². The van der Waals surface area contributed by atoms with Crippen LogP contribution < -0.4 is 0 Å². The Labute approximate surface area is 171 Å². The molecule has 1 N–H and O–H groups in total. The molecule has 0 amide bonds. The molecule has 2 unspecified atom stereocenters. The summed E-state index contributed by atoms with van der Waals surface area (Å²) in [6, 6.07) is 16.7. The van der Waals surface area contributed by atoms with Crippen LogP contribution >= 0.6 is 0 Å². The molecule has 0 saturated heterocycles. The smallest absolute Gasteiger partial charge is 0.123 e. The molecule has 4 rings (SSSR count). The van der Waals surface area contributed by atoms with Crippen molar-refractivity contribution in [3.63, 3.8) is 0 Å². The van der Waals surface area contributed by atoms with E-state index in [1.807, 2.05) is 35.2 Å². The highest BCUT2D eigenvalue weighted by atomic mass is 19.1. The number of rotatable bonds is 5. The fraction of sp³-hybridized carbons (Fsp3) is 0.320. The maximum atomic E-state index is 13.2. The number of hydrogen-bond acceptors (Lipinski definition) is 2. The summed E-state index contributed by atoms with van der Waals surface area (Å²) in [5.41, 5.74) is 3.64. The van der Waals surface area contributed by atoms with Crippen LogP contribution in [0.15, 0.2) is 66.9 Å². The summed E-state index contributed by atoms with van der Waals surface area (Å²) in [4.78, 5) is 0. The monoisotopic (exact) mass is 390 g/mol. The summed E-state index contributed by atoms with van der Waals surface area (Å²) >= 11 is 0. The normalized spacial score (nSPS) is 19.8. The van der Waals surface area contributed by atoms with Crippen molar-refractivity contribution in [2.24, 2.45) is 5.41 Å². The Morgan fingerprint density at radius 3 is 2.52 bits per heavy atom. The predicted octanol–water partition coefficient (Wildman–Crippen LogP) is 5.32. The van der Waals surface area contributed by atoms with Crippen LogP contribution in [0.5, 0.6) is 0 Å². The summed E-state index contributed by atoms with van der Waals surface area (Å²) in [6.07, 6.45) is 6.88. The van der Waals surface area contributed by atoms with Gasteiger partial charge in [-0.25, -0.2) is 9.07 Å². The first-order chi connectivity index (χ1) is 13.8. The number of aliphatic hydroxyl groups excluding tert-OH is 1. The van der Waals surface area contributed by atoms with Gasteiger partial charge in [0.2, 0.25) is 0 Å². The second kappa shape index (κ2) is 7.27. The van der Waals surface area contributed by atoms with E-state index in [0.29, 0.717) is 12.8 Å². The van der Waals surface area contributed by atoms with Gasteiger partial charge in [0.25, 0.3) is 0 Å². The van der Waals surface area contributed by atoms with Gasteiger partial charge in [-0.15, -0.1) is 0 Å². The molecule has 1 aliphatic rings. The van der Waals surface area contributed by atoms with Gasteiger partial charge in [0.15, 0.2) is 0 Å². The van der Waals surface area contributed by atoms with Gasteiger partial charge in [0.1, 0.15) is 5.82 Å². The molecule has 4 heteroatoms. The maximum absolute atomic E-state index is 13.2. The van der Waals surface area contributed by atoms with Crippen molar-refractivity contribution in [2.75, 3.05) is 0 Å². The van der Waals surface area contributed by atoms with Crippen molar-refractivity contribution in [2.45, 2.75) is 45.1 Å². The molecule has 1 aromatic heterocycles. The number of nitrogens with zero attached hydrogens (tertiary/aromatic N) is 2. The largest absolute Gasteiger partial charge is 0.392 e. The maximum Gasteiger partial charge on any atom is 0.123 e. The molecule has 2 atom stereocenters. The van der Waals surface area contributed by atoms with Crippen molar-refractivity contribution in [3.05, 3.63) is 89.5 Å². The van der Waals surface area contributed by atoms with E-state index < -0.39 is 6.10 Å². The molecule has 0 radical (unpaired) electrons. The van der Waals surface area contributed by atoms with E-state index in [-0.39, 0.29) is 16.6 Å². The second-order valence-electron chi connectivity index (χ2n) is 8.93. The third-order valence-corrected chi connectivity index (χ3v) is 6.17. The molecule has 1 aliphatic carbocycles. The SMILES string of the molecule is CC(C)(CC(O)C1(C)C=Cc2c(cnn2-c2ccc(F)cc2)C1)c1ccccc1. The van der Waals surface area contributed by atoms with Crippen LogP contribution in [-0.2, 0) is 11.8 Å². The number of benzene rings is 2. The van der Waals surface area contributed by atoms with Gasteiger partial charge in [-0.1, -0.05) is 57.2 Å². The van der Waals surface area contributed by atoms with E-state index in [9.17, 15) is 9.50 Å². The van der Waals surface area contributed by atoms with Crippen molar-refractivity contribution in [3.8, 4) is 5.69 Å². The molecule has 0 bridgehead atoms. The molecular weight excluding hydrogens is 363 g/mol. The molecular formula is C25H27FN2O. The number of halogens is 1. The van der Waals surface area contributed by atoms with Crippen LogP contribution in [0.3, 0.4) is 0 Å². The molecule has 0 saturated carbocycles. The van der Waals surface area contributed by atoms with Gasteiger partial charge in [-0.3, -0.25) is 0 Å². The molecule has 29 heavy (non-hydrogen) atoms. The fourth-order valence-corrected chi connectivity index (χ4v) is 4.18. The standard InChI is InChI=1S/C25H27FN2O/c1-24(2,19-7-5-4-6-8-19)16-23(29)25(3)14-13-22-18(15-25)17-27-28(22)21-11-9-20(26)10-12-21/h4-14,17,23,29H,15-16H2,1-3H3. The number of hydrogen-bond donors (Lipinski definition) is 1. The van der Waals surface area contributed by atoms with Crippen molar-refractivity contribution in [1.29, 1.82) is 0 Å². The predicted molar refractivity (Wildman–Crippen MR) is 114 cm³/mol. The molecule has 3 nitrogen and oxygen atoms in total. The van der Waals surface area contributed by atoms with Crippen LogP contribution in [0.4, 0.5) is 4.39 Å². The highest BCUT2D eigenvalue weighted by molar-refractivity contribution is 5.57. The average Bonchev–Trinajstić information content (AvgIpc) is 3.11. The summed E-state index contributed by atoms with van der Waals surface area (Å²) in [5.74, 6) is -0.262. The minimum Gasteiger partial charge on any atom is -0.392 e. The van der Waals surface area contributed by atoms with E-state index in [1.54, 1.807) is 12.1 Å². The lowest BCUT2D eigenvalue weighted by Gasteiger charge is -2.38. The van der Waals surface area contributed by atoms with Gasteiger partial charge in [-0.05, 0) is 59.7 Å². The topological polar surface area (TPSA) is 38.1 Å². The Balaban J connectivity index is 1.56. The summed E-state index contributed by atoms with van der Waals surface area (Å²) in [7, 11) is 0. The molecule has 2 aromatic carbocycles. The van der Waals surface area contributed by atoms with E-state index in [2.05, 4.69) is 44.1 Å². The zero-order valence-corrected chi connectivity index (χ0v) is 17.1. The van der Waals surface area contributed by atoms with E-state index >= 15 is 0 Å². The minimum absolute atomic E-state index is 0.129. The number of fused-ring (bicyclic) bond motifs is 1. The zero-order chi connectivity index (χ0) is 20.6. The average molecular weight is 391 g/mol. The lowest BCUT2D eigenvalue weighted by Crippen LogP contribution is -2.38. The number of aliphatic hydroxyl groups is 1. The lowest BCUT2D eigenvalue weighted by molar-refractivity contribution is 0.0451. The molecule has 1 heterocycles. The minimum atomic E-state index is -0.490.